The monoisotopic (exact) mass is 406 g/mol. The molecule has 0 saturated carbocycles. The molecule has 1 saturated heterocycles. The van der Waals surface area contributed by atoms with E-state index in [0.29, 0.717) is 37.5 Å². The van der Waals surface area contributed by atoms with Gasteiger partial charge in [-0.1, -0.05) is 12.1 Å². The van der Waals surface area contributed by atoms with Crippen LogP contribution in [0.1, 0.15) is 32.3 Å². The third kappa shape index (κ3) is 3.63. The smallest absolute Gasteiger partial charge is 0.285 e. The Kier molecular flexibility index (Phi) is 5.74. The van der Waals surface area contributed by atoms with Crippen molar-refractivity contribution >= 4 is 27.7 Å². The zero-order chi connectivity index (χ0) is 20.5. The van der Waals surface area contributed by atoms with Crippen LogP contribution >= 0.6 is 0 Å². The van der Waals surface area contributed by atoms with Gasteiger partial charge in [-0.3, -0.25) is 9.59 Å². The zero-order valence-corrected chi connectivity index (χ0v) is 17.3. The Labute approximate surface area is 165 Å². The summed E-state index contributed by atoms with van der Waals surface area (Å²) in [7, 11) is -2.13. The molecule has 9 heteroatoms. The van der Waals surface area contributed by atoms with Gasteiger partial charge in [-0.05, 0) is 38.8 Å². The minimum absolute atomic E-state index is 0.00617. The number of likely N-dealkylation sites (tertiary alicyclic amines) is 1. The highest BCUT2D eigenvalue weighted by Gasteiger charge is 2.40. The topological polar surface area (TPSA) is 90.4 Å². The van der Waals surface area contributed by atoms with E-state index in [0.717, 1.165) is 6.42 Å². The summed E-state index contributed by atoms with van der Waals surface area (Å²) in [6.07, 6.45) is 1.36. The van der Waals surface area contributed by atoms with Gasteiger partial charge in [0, 0.05) is 32.2 Å². The fraction of sp³-hybridized carbons (Fsp3) is 0.526. The number of carbonyl (C=O) groups is 2. The second-order valence-corrected chi connectivity index (χ2v) is 8.57. The van der Waals surface area contributed by atoms with Crippen LogP contribution in [0.2, 0.25) is 0 Å². The van der Waals surface area contributed by atoms with E-state index < -0.39 is 16.1 Å². The molecule has 2 aliphatic heterocycles. The second-order valence-electron chi connectivity index (χ2n) is 7.00. The third-order valence-electron chi connectivity index (χ3n) is 5.29. The van der Waals surface area contributed by atoms with Crippen molar-refractivity contribution in [1.29, 1.82) is 0 Å². The van der Waals surface area contributed by atoms with Gasteiger partial charge < -0.3 is 14.7 Å². The normalized spacial score (nSPS) is 19.9. The van der Waals surface area contributed by atoms with Crippen LogP contribution in [0, 0.1) is 0 Å². The predicted molar refractivity (Wildman–Crippen MR) is 105 cm³/mol. The standard InChI is InChI=1S/C19H26N4O4S/c1-4-22(5-2)17(24)13-21(3)19(25)15-10-8-12-23(15)18-14-9-6-7-11-16(14)28(26,27)20-18/h6-7,9,11,15H,4-5,8,10,12-13H2,1-3H3/t15-/m0/s1. The molecular formula is C19H26N4O4S. The fourth-order valence-electron chi connectivity index (χ4n) is 3.78. The SMILES string of the molecule is CCN(CC)C(=O)CN(C)C(=O)[C@@H]1CCCN1C1=NS(=O)(=O)c2ccccc21. The Bertz CT molecular complexity index is 908. The number of nitrogens with zero attached hydrogens (tertiary/aromatic N) is 4. The van der Waals surface area contributed by atoms with Gasteiger partial charge in [0.05, 0.1) is 6.54 Å². The molecule has 2 heterocycles. The molecule has 0 aliphatic carbocycles. The summed E-state index contributed by atoms with van der Waals surface area (Å²) < 4.78 is 28.7. The van der Waals surface area contributed by atoms with Gasteiger partial charge in [-0.2, -0.15) is 8.42 Å². The summed E-state index contributed by atoms with van der Waals surface area (Å²) in [5.74, 6) is 0.0360. The number of benzene rings is 1. The summed E-state index contributed by atoms with van der Waals surface area (Å²) >= 11 is 0. The van der Waals surface area contributed by atoms with Gasteiger partial charge in [0.15, 0.2) is 5.84 Å². The summed E-state index contributed by atoms with van der Waals surface area (Å²) in [4.78, 5) is 30.4. The van der Waals surface area contributed by atoms with Crippen LogP contribution in [0.15, 0.2) is 33.6 Å². The highest BCUT2D eigenvalue weighted by molar-refractivity contribution is 7.90. The number of hydrogen-bond acceptors (Lipinski definition) is 5. The van der Waals surface area contributed by atoms with Crippen molar-refractivity contribution in [3.63, 3.8) is 0 Å². The molecule has 0 unspecified atom stereocenters. The number of rotatable bonds is 5. The molecule has 152 valence electrons. The van der Waals surface area contributed by atoms with Gasteiger partial charge >= 0.3 is 0 Å². The summed E-state index contributed by atoms with van der Waals surface area (Å²) in [6, 6.07) is 6.15. The van der Waals surface area contributed by atoms with E-state index in [9.17, 15) is 18.0 Å². The van der Waals surface area contributed by atoms with Crippen molar-refractivity contribution in [3.8, 4) is 0 Å². The number of sulfonamides is 1. The summed E-state index contributed by atoms with van der Waals surface area (Å²) in [6.45, 7) is 5.55. The van der Waals surface area contributed by atoms with Crippen molar-refractivity contribution in [2.24, 2.45) is 4.40 Å². The van der Waals surface area contributed by atoms with Gasteiger partial charge in [0.1, 0.15) is 10.9 Å². The highest BCUT2D eigenvalue weighted by Crippen LogP contribution is 2.31. The van der Waals surface area contributed by atoms with E-state index in [1.807, 2.05) is 13.8 Å². The molecule has 1 fully saturated rings. The zero-order valence-electron chi connectivity index (χ0n) is 16.5. The average molecular weight is 407 g/mol. The highest BCUT2D eigenvalue weighted by atomic mass is 32.2. The fourth-order valence-corrected chi connectivity index (χ4v) is 5.00. The van der Waals surface area contributed by atoms with Gasteiger partial charge in [0.25, 0.3) is 10.0 Å². The lowest BCUT2D eigenvalue weighted by Crippen LogP contribution is -2.49. The third-order valence-corrected chi connectivity index (χ3v) is 6.61. The number of hydrogen-bond donors (Lipinski definition) is 0. The molecule has 1 atom stereocenters. The first-order chi connectivity index (χ1) is 13.3. The minimum Gasteiger partial charge on any atom is -0.343 e. The Hall–Kier alpha value is -2.42. The maximum absolute atomic E-state index is 13.0. The molecule has 0 aromatic heterocycles. The molecule has 2 aliphatic rings. The maximum Gasteiger partial charge on any atom is 0.285 e. The number of fused-ring (bicyclic) bond motifs is 1. The molecule has 28 heavy (non-hydrogen) atoms. The molecule has 1 aromatic rings. The van der Waals surface area contributed by atoms with E-state index in [4.69, 9.17) is 0 Å². The Morgan fingerprint density at radius 2 is 1.89 bits per heavy atom. The molecular weight excluding hydrogens is 380 g/mol. The largest absolute Gasteiger partial charge is 0.343 e. The Morgan fingerprint density at radius 1 is 1.21 bits per heavy atom. The van der Waals surface area contributed by atoms with Crippen molar-refractivity contribution < 1.29 is 18.0 Å². The number of amidine groups is 1. The molecule has 0 spiro atoms. The summed E-state index contributed by atoms with van der Waals surface area (Å²) in [5.41, 5.74) is 0.532. The summed E-state index contributed by atoms with van der Waals surface area (Å²) in [5, 5.41) is 0. The van der Waals surface area contributed by atoms with Crippen LogP contribution in [0.5, 0.6) is 0 Å². The van der Waals surface area contributed by atoms with Gasteiger partial charge in [0.2, 0.25) is 11.8 Å². The lowest BCUT2D eigenvalue weighted by atomic mass is 10.1. The Balaban J connectivity index is 1.80. The molecule has 0 bridgehead atoms. The van der Waals surface area contributed by atoms with Crippen molar-refractivity contribution in [1.82, 2.24) is 14.7 Å². The Morgan fingerprint density at radius 3 is 2.57 bits per heavy atom. The minimum atomic E-state index is -3.74. The van der Waals surface area contributed by atoms with Crippen LogP contribution in [0.3, 0.4) is 0 Å². The second kappa shape index (κ2) is 7.90. The van der Waals surface area contributed by atoms with E-state index >= 15 is 0 Å². The molecule has 8 nitrogen and oxygen atoms in total. The first-order valence-electron chi connectivity index (χ1n) is 9.54. The molecule has 3 rings (SSSR count). The maximum atomic E-state index is 13.0. The van der Waals surface area contributed by atoms with Crippen molar-refractivity contribution in [2.45, 2.75) is 37.6 Å². The number of likely N-dealkylation sites (N-methyl/N-ethyl adjacent to an activating group) is 2. The first-order valence-corrected chi connectivity index (χ1v) is 11.0. The van der Waals surface area contributed by atoms with E-state index in [1.54, 1.807) is 35.0 Å². The average Bonchev–Trinajstić information content (AvgIpc) is 3.25. The van der Waals surface area contributed by atoms with Gasteiger partial charge in [-0.15, -0.1) is 4.40 Å². The van der Waals surface area contributed by atoms with Crippen molar-refractivity contribution in [2.75, 3.05) is 33.2 Å². The lowest BCUT2D eigenvalue weighted by Gasteiger charge is -2.30. The number of amides is 2. The molecule has 0 N–H and O–H groups in total. The van der Waals surface area contributed by atoms with E-state index in [-0.39, 0.29) is 23.3 Å². The molecule has 1 aromatic carbocycles. The molecule has 2 amide bonds. The predicted octanol–water partition coefficient (Wildman–Crippen LogP) is 0.927. The van der Waals surface area contributed by atoms with E-state index in [2.05, 4.69) is 4.40 Å². The number of carbonyl (C=O) groups excluding carboxylic acids is 2. The lowest BCUT2D eigenvalue weighted by molar-refractivity contribution is -0.141. The molecule has 0 radical (unpaired) electrons. The van der Waals surface area contributed by atoms with Crippen molar-refractivity contribution in [3.05, 3.63) is 29.8 Å². The van der Waals surface area contributed by atoms with Gasteiger partial charge in [-0.25, -0.2) is 0 Å². The van der Waals surface area contributed by atoms with E-state index in [1.165, 1.54) is 11.0 Å². The van der Waals surface area contributed by atoms with Crippen LogP contribution in [0.25, 0.3) is 0 Å². The first kappa shape index (κ1) is 20.3. The van der Waals surface area contributed by atoms with Crippen LogP contribution < -0.4 is 0 Å². The quantitative estimate of drug-likeness (QED) is 0.726. The van der Waals surface area contributed by atoms with Crippen LogP contribution in [-0.4, -0.2) is 80.0 Å². The van der Waals surface area contributed by atoms with Crippen LogP contribution in [0.4, 0.5) is 0 Å². The van der Waals surface area contributed by atoms with Crippen LogP contribution in [-0.2, 0) is 19.6 Å².